The van der Waals surface area contributed by atoms with Crippen LogP contribution in [0.2, 0.25) is 0 Å². The predicted octanol–water partition coefficient (Wildman–Crippen LogP) is 4.49. The zero-order valence-electron chi connectivity index (χ0n) is 14.4. The molecule has 0 aromatic heterocycles. The number of benzene rings is 3. The van der Waals surface area contributed by atoms with E-state index in [0.29, 0.717) is 11.1 Å². The summed E-state index contributed by atoms with van der Waals surface area (Å²) in [6.45, 7) is 0. The van der Waals surface area contributed by atoms with Crippen molar-refractivity contribution in [2.75, 3.05) is 17.3 Å². The van der Waals surface area contributed by atoms with Gasteiger partial charge in [-0.15, -0.1) is 0 Å². The van der Waals surface area contributed by atoms with E-state index >= 15 is 0 Å². The van der Waals surface area contributed by atoms with Crippen LogP contribution in [0.3, 0.4) is 0 Å². The standard InChI is InChI=1S/C21H16F2N2O2/c1-25(17-5-3-2-4-6-17)21(27)15-9-7-14(8-10-15)20(26)24-16-11-12-18(22)19(23)13-16/h2-13H,1H3,(H,24,26). The Morgan fingerprint density at radius 2 is 1.44 bits per heavy atom. The van der Waals surface area contributed by atoms with Crippen molar-refractivity contribution in [3.8, 4) is 0 Å². The van der Waals surface area contributed by atoms with Crippen molar-refractivity contribution < 1.29 is 18.4 Å². The number of carbonyl (C=O) groups is 2. The largest absolute Gasteiger partial charge is 0.322 e. The van der Waals surface area contributed by atoms with E-state index in [1.165, 1.54) is 23.1 Å². The summed E-state index contributed by atoms with van der Waals surface area (Å²) in [6.07, 6.45) is 0. The van der Waals surface area contributed by atoms with Gasteiger partial charge in [0.05, 0.1) is 0 Å². The first-order chi connectivity index (χ1) is 13.0. The molecule has 0 saturated heterocycles. The summed E-state index contributed by atoms with van der Waals surface area (Å²) in [7, 11) is 1.67. The SMILES string of the molecule is CN(C(=O)c1ccc(C(=O)Nc2ccc(F)c(F)c2)cc1)c1ccccc1. The molecule has 0 aliphatic rings. The van der Waals surface area contributed by atoms with Crippen LogP contribution in [0.5, 0.6) is 0 Å². The van der Waals surface area contributed by atoms with E-state index in [9.17, 15) is 18.4 Å². The quantitative estimate of drug-likeness (QED) is 0.739. The maximum absolute atomic E-state index is 13.2. The van der Waals surface area contributed by atoms with Gasteiger partial charge in [0.1, 0.15) is 0 Å². The third-order valence-corrected chi connectivity index (χ3v) is 4.02. The molecule has 0 aliphatic heterocycles. The Bertz CT molecular complexity index is 973. The fraction of sp³-hybridized carbons (Fsp3) is 0.0476. The summed E-state index contributed by atoms with van der Waals surface area (Å²) in [5.74, 6) is -2.73. The fourth-order valence-corrected chi connectivity index (χ4v) is 2.50. The second kappa shape index (κ2) is 7.78. The number of nitrogens with zero attached hydrogens (tertiary/aromatic N) is 1. The normalized spacial score (nSPS) is 10.3. The van der Waals surface area contributed by atoms with Crippen molar-refractivity contribution in [2.24, 2.45) is 0 Å². The minimum absolute atomic E-state index is 0.142. The highest BCUT2D eigenvalue weighted by atomic mass is 19.2. The van der Waals surface area contributed by atoms with Crippen molar-refractivity contribution in [1.82, 2.24) is 0 Å². The third-order valence-electron chi connectivity index (χ3n) is 4.02. The van der Waals surface area contributed by atoms with Gasteiger partial charge in [0.25, 0.3) is 11.8 Å². The van der Waals surface area contributed by atoms with Gasteiger partial charge in [0.2, 0.25) is 0 Å². The third kappa shape index (κ3) is 4.17. The Hall–Kier alpha value is -3.54. The van der Waals surface area contributed by atoms with Crippen molar-refractivity contribution in [3.63, 3.8) is 0 Å². The van der Waals surface area contributed by atoms with Crippen LogP contribution in [0, 0.1) is 11.6 Å². The van der Waals surface area contributed by atoms with Gasteiger partial charge in [-0.3, -0.25) is 9.59 Å². The molecule has 0 saturated carbocycles. The molecule has 3 aromatic carbocycles. The van der Waals surface area contributed by atoms with Crippen LogP contribution in [0.4, 0.5) is 20.2 Å². The number of hydrogen-bond donors (Lipinski definition) is 1. The molecule has 6 heteroatoms. The summed E-state index contributed by atoms with van der Waals surface area (Å²) in [4.78, 5) is 26.3. The lowest BCUT2D eigenvalue weighted by atomic mass is 10.1. The van der Waals surface area contributed by atoms with Crippen LogP contribution in [0.15, 0.2) is 72.8 Å². The second-order valence-electron chi connectivity index (χ2n) is 5.86. The van der Waals surface area contributed by atoms with Crippen molar-refractivity contribution >= 4 is 23.2 Å². The first-order valence-corrected chi connectivity index (χ1v) is 8.15. The van der Waals surface area contributed by atoms with Gasteiger partial charge >= 0.3 is 0 Å². The Morgan fingerprint density at radius 1 is 0.815 bits per heavy atom. The Morgan fingerprint density at radius 3 is 2.07 bits per heavy atom. The van der Waals surface area contributed by atoms with Gasteiger partial charge in [-0.1, -0.05) is 18.2 Å². The van der Waals surface area contributed by atoms with Crippen molar-refractivity contribution in [2.45, 2.75) is 0 Å². The highest BCUT2D eigenvalue weighted by molar-refractivity contribution is 6.07. The average Bonchev–Trinajstić information content (AvgIpc) is 2.70. The smallest absolute Gasteiger partial charge is 0.258 e. The highest BCUT2D eigenvalue weighted by Gasteiger charge is 2.14. The molecule has 0 atom stereocenters. The van der Waals surface area contributed by atoms with E-state index in [1.54, 1.807) is 19.2 Å². The zero-order valence-corrected chi connectivity index (χ0v) is 14.4. The van der Waals surface area contributed by atoms with Crippen LogP contribution in [0.1, 0.15) is 20.7 Å². The fourth-order valence-electron chi connectivity index (χ4n) is 2.50. The van der Waals surface area contributed by atoms with Crippen LogP contribution in [-0.4, -0.2) is 18.9 Å². The van der Waals surface area contributed by atoms with Crippen molar-refractivity contribution in [1.29, 1.82) is 0 Å². The molecule has 3 aromatic rings. The number of nitrogens with one attached hydrogen (secondary N) is 1. The lowest BCUT2D eigenvalue weighted by molar-refractivity contribution is 0.0989. The Balaban J connectivity index is 1.71. The van der Waals surface area contributed by atoms with Crippen LogP contribution < -0.4 is 10.2 Å². The molecule has 0 aliphatic carbocycles. The van der Waals surface area contributed by atoms with Crippen LogP contribution in [0.25, 0.3) is 0 Å². The van der Waals surface area contributed by atoms with E-state index in [0.717, 1.165) is 17.8 Å². The molecular weight excluding hydrogens is 350 g/mol. The summed E-state index contributed by atoms with van der Waals surface area (Å²) in [6, 6.07) is 18.4. The lowest BCUT2D eigenvalue weighted by Gasteiger charge is -2.17. The molecule has 27 heavy (non-hydrogen) atoms. The van der Waals surface area contributed by atoms with E-state index < -0.39 is 17.5 Å². The number of carbonyl (C=O) groups excluding carboxylic acids is 2. The maximum Gasteiger partial charge on any atom is 0.258 e. The first kappa shape index (κ1) is 18.3. The maximum atomic E-state index is 13.2. The minimum Gasteiger partial charge on any atom is -0.322 e. The topological polar surface area (TPSA) is 49.4 Å². The van der Waals surface area contributed by atoms with Gasteiger partial charge < -0.3 is 10.2 Å². The minimum atomic E-state index is -1.04. The number of anilines is 2. The molecular formula is C21H16F2N2O2. The zero-order chi connectivity index (χ0) is 19.4. The van der Waals surface area contributed by atoms with Gasteiger partial charge in [-0.05, 0) is 48.5 Å². The second-order valence-corrected chi connectivity index (χ2v) is 5.86. The van der Waals surface area contributed by atoms with E-state index in [2.05, 4.69) is 5.32 Å². The molecule has 3 rings (SSSR count). The number of amides is 2. The monoisotopic (exact) mass is 366 g/mol. The molecule has 0 fully saturated rings. The summed E-state index contributed by atoms with van der Waals surface area (Å²) in [5, 5.41) is 2.48. The Labute approximate surface area is 155 Å². The summed E-state index contributed by atoms with van der Waals surface area (Å²) < 4.78 is 26.2. The summed E-state index contributed by atoms with van der Waals surface area (Å²) >= 11 is 0. The van der Waals surface area contributed by atoms with Gasteiger partial charge in [-0.2, -0.15) is 0 Å². The highest BCUT2D eigenvalue weighted by Crippen LogP contribution is 2.17. The first-order valence-electron chi connectivity index (χ1n) is 8.15. The molecule has 0 spiro atoms. The number of para-hydroxylation sites is 1. The average molecular weight is 366 g/mol. The van der Waals surface area contributed by atoms with Crippen LogP contribution in [-0.2, 0) is 0 Å². The molecule has 0 bridgehead atoms. The van der Waals surface area contributed by atoms with Gasteiger partial charge in [0.15, 0.2) is 11.6 Å². The number of hydrogen-bond acceptors (Lipinski definition) is 2. The van der Waals surface area contributed by atoms with E-state index in [1.807, 2.05) is 30.3 Å². The van der Waals surface area contributed by atoms with E-state index in [4.69, 9.17) is 0 Å². The molecule has 0 unspecified atom stereocenters. The van der Waals surface area contributed by atoms with Gasteiger partial charge in [0, 0.05) is 35.6 Å². The van der Waals surface area contributed by atoms with Crippen molar-refractivity contribution in [3.05, 3.63) is 95.6 Å². The van der Waals surface area contributed by atoms with Crippen LogP contribution >= 0.6 is 0 Å². The molecule has 0 radical (unpaired) electrons. The molecule has 2 amide bonds. The number of halogens is 2. The predicted molar refractivity (Wildman–Crippen MR) is 99.9 cm³/mol. The molecule has 1 N–H and O–H groups in total. The number of rotatable bonds is 4. The van der Waals surface area contributed by atoms with Gasteiger partial charge in [-0.25, -0.2) is 8.78 Å². The lowest BCUT2D eigenvalue weighted by Crippen LogP contribution is -2.26. The summed E-state index contributed by atoms with van der Waals surface area (Å²) in [5.41, 5.74) is 1.61. The Kier molecular flexibility index (Phi) is 5.26. The molecule has 0 heterocycles. The van der Waals surface area contributed by atoms with E-state index in [-0.39, 0.29) is 11.6 Å². The molecule has 136 valence electrons. The molecule has 4 nitrogen and oxygen atoms in total.